The summed E-state index contributed by atoms with van der Waals surface area (Å²) in [6.45, 7) is 0. The average Bonchev–Trinajstić information content (AvgIpc) is 2.41. The molecular formula is C12H4F6O8. The number of benzene rings is 1. The molecule has 0 spiro atoms. The molecular weight excluding hydrogens is 386 g/mol. The molecule has 26 heavy (non-hydrogen) atoms. The number of aromatic carboxylic acids is 4. The van der Waals surface area contributed by atoms with Crippen molar-refractivity contribution in [2.45, 2.75) is 12.4 Å². The van der Waals surface area contributed by atoms with Gasteiger partial charge in [-0.25, -0.2) is 19.2 Å². The molecule has 0 amide bonds. The predicted octanol–water partition coefficient (Wildman–Crippen LogP) is 2.52. The molecule has 142 valence electrons. The van der Waals surface area contributed by atoms with E-state index in [0.717, 1.165) is 0 Å². The molecule has 0 aliphatic carbocycles. The number of carboxylic acids is 4. The summed E-state index contributed by atoms with van der Waals surface area (Å²) in [6, 6.07) is 0. The van der Waals surface area contributed by atoms with Crippen LogP contribution in [0.2, 0.25) is 0 Å². The first-order valence-corrected chi connectivity index (χ1v) is 5.84. The summed E-state index contributed by atoms with van der Waals surface area (Å²) < 4.78 is 78.7. The van der Waals surface area contributed by atoms with Crippen LogP contribution in [0, 0.1) is 0 Å². The molecule has 8 nitrogen and oxygen atoms in total. The van der Waals surface area contributed by atoms with E-state index in [0.29, 0.717) is 0 Å². The maximum Gasteiger partial charge on any atom is 0.417 e. The first-order chi connectivity index (χ1) is 11.5. The molecule has 0 aromatic heterocycles. The van der Waals surface area contributed by atoms with Crippen molar-refractivity contribution in [2.75, 3.05) is 0 Å². The maximum absolute atomic E-state index is 13.1. The molecule has 0 atom stereocenters. The molecule has 4 N–H and O–H groups in total. The van der Waals surface area contributed by atoms with E-state index in [1.807, 2.05) is 0 Å². The van der Waals surface area contributed by atoms with Crippen LogP contribution in [0.15, 0.2) is 0 Å². The summed E-state index contributed by atoms with van der Waals surface area (Å²) in [4.78, 5) is 44.3. The van der Waals surface area contributed by atoms with Gasteiger partial charge in [0.15, 0.2) is 0 Å². The van der Waals surface area contributed by atoms with Crippen molar-refractivity contribution in [3.8, 4) is 0 Å². The Kier molecular flexibility index (Phi) is 4.94. The summed E-state index contributed by atoms with van der Waals surface area (Å²) in [7, 11) is 0. The van der Waals surface area contributed by atoms with Crippen molar-refractivity contribution >= 4 is 23.9 Å². The lowest BCUT2D eigenvalue weighted by Gasteiger charge is -2.23. The zero-order valence-electron chi connectivity index (χ0n) is 11.7. The van der Waals surface area contributed by atoms with Crippen LogP contribution >= 0.6 is 0 Å². The van der Waals surface area contributed by atoms with E-state index in [-0.39, 0.29) is 0 Å². The fourth-order valence-corrected chi connectivity index (χ4v) is 2.17. The van der Waals surface area contributed by atoms with Crippen LogP contribution in [0.3, 0.4) is 0 Å². The summed E-state index contributed by atoms with van der Waals surface area (Å²) >= 11 is 0. The second kappa shape index (κ2) is 6.20. The van der Waals surface area contributed by atoms with Gasteiger partial charge < -0.3 is 20.4 Å². The van der Waals surface area contributed by atoms with Crippen LogP contribution in [0.4, 0.5) is 26.3 Å². The first kappa shape index (κ1) is 20.7. The Hall–Kier alpha value is -3.32. The molecule has 0 unspecified atom stereocenters. The van der Waals surface area contributed by atoms with E-state index in [9.17, 15) is 45.5 Å². The van der Waals surface area contributed by atoms with Gasteiger partial charge in [-0.1, -0.05) is 0 Å². The largest absolute Gasteiger partial charge is 0.478 e. The number of carbonyl (C=O) groups is 4. The van der Waals surface area contributed by atoms with Gasteiger partial charge in [0.1, 0.15) is 0 Å². The van der Waals surface area contributed by atoms with Crippen LogP contribution in [0.5, 0.6) is 0 Å². The summed E-state index contributed by atoms with van der Waals surface area (Å²) in [5, 5.41) is 35.4. The lowest BCUT2D eigenvalue weighted by molar-refractivity contribution is -0.162. The minimum absolute atomic E-state index is 2.25. The molecule has 1 rings (SSSR count). The van der Waals surface area contributed by atoms with Crippen LogP contribution in [0.25, 0.3) is 0 Å². The monoisotopic (exact) mass is 390 g/mol. The quantitative estimate of drug-likeness (QED) is 0.573. The van der Waals surface area contributed by atoms with Gasteiger partial charge in [0.25, 0.3) is 0 Å². The highest BCUT2D eigenvalue weighted by Gasteiger charge is 2.52. The fraction of sp³-hybridized carbons (Fsp3) is 0.167. The minimum Gasteiger partial charge on any atom is -0.478 e. The van der Waals surface area contributed by atoms with Gasteiger partial charge in [-0.3, -0.25) is 0 Å². The van der Waals surface area contributed by atoms with E-state index in [1.54, 1.807) is 0 Å². The molecule has 0 aliphatic heterocycles. The summed E-state index contributed by atoms with van der Waals surface area (Å²) in [5.74, 6) is -11.1. The number of hydrogen-bond acceptors (Lipinski definition) is 4. The number of hydrogen-bond donors (Lipinski definition) is 4. The lowest BCUT2D eigenvalue weighted by Crippen LogP contribution is -2.30. The van der Waals surface area contributed by atoms with Crippen molar-refractivity contribution in [2.24, 2.45) is 0 Å². The van der Waals surface area contributed by atoms with E-state index in [1.165, 1.54) is 0 Å². The fourth-order valence-electron chi connectivity index (χ4n) is 2.17. The second-order valence-electron chi connectivity index (χ2n) is 4.47. The summed E-state index contributed by atoms with van der Waals surface area (Å²) in [6.07, 6.45) is -12.4. The van der Waals surface area contributed by atoms with Crippen LogP contribution < -0.4 is 0 Å². The van der Waals surface area contributed by atoms with Gasteiger partial charge >= 0.3 is 36.2 Å². The Labute approximate surface area is 136 Å². The standard InChI is InChI=1S/C12H4F6O8/c13-11(14,15)5-3(9(23)24)1(7(19)20)2(8(21)22)4(10(25)26)6(5)12(16,17)18/h(H,19,20)(H,21,22)(H,23,24)(H,25,26). The van der Waals surface area contributed by atoms with Gasteiger partial charge in [0.2, 0.25) is 0 Å². The maximum atomic E-state index is 13.1. The third-order valence-electron chi connectivity index (χ3n) is 2.92. The highest BCUT2D eigenvalue weighted by atomic mass is 19.4. The highest BCUT2D eigenvalue weighted by Crippen LogP contribution is 2.46. The molecule has 0 saturated carbocycles. The number of alkyl halides is 6. The molecule has 1 aromatic rings. The zero-order chi connectivity index (χ0) is 20.8. The van der Waals surface area contributed by atoms with Gasteiger partial charge in [0, 0.05) is 0 Å². The Balaban J connectivity index is 4.61. The highest BCUT2D eigenvalue weighted by molar-refractivity contribution is 6.15. The Morgan fingerprint density at radius 1 is 0.500 bits per heavy atom. The van der Waals surface area contributed by atoms with Crippen molar-refractivity contribution in [3.05, 3.63) is 33.4 Å². The minimum atomic E-state index is -6.18. The molecule has 0 bridgehead atoms. The van der Waals surface area contributed by atoms with Gasteiger partial charge in [-0.2, -0.15) is 26.3 Å². The summed E-state index contributed by atoms with van der Waals surface area (Å²) in [5.41, 5.74) is -15.8. The van der Waals surface area contributed by atoms with E-state index in [2.05, 4.69) is 0 Å². The first-order valence-electron chi connectivity index (χ1n) is 5.84. The van der Waals surface area contributed by atoms with E-state index in [4.69, 9.17) is 20.4 Å². The SMILES string of the molecule is O=C(O)c1c(C(=O)O)c(C(=O)O)c(C(F)(F)F)c(C(F)(F)F)c1C(=O)O. The Morgan fingerprint density at radius 3 is 0.808 bits per heavy atom. The van der Waals surface area contributed by atoms with Gasteiger partial charge in [-0.05, 0) is 0 Å². The van der Waals surface area contributed by atoms with Crippen molar-refractivity contribution in [1.29, 1.82) is 0 Å². The molecule has 14 heteroatoms. The normalized spacial score (nSPS) is 11.9. The van der Waals surface area contributed by atoms with Crippen LogP contribution in [0.1, 0.15) is 52.6 Å². The molecule has 0 heterocycles. The lowest BCUT2D eigenvalue weighted by atomic mass is 9.85. The molecule has 0 saturated heterocycles. The molecule has 0 radical (unpaired) electrons. The molecule has 0 fully saturated rings. The van der Waals surface area contributed by atoms with Crippen molar-refractivity contribution in [1.82, 2.24) is 0 Å². The van der Waals surface area contributed by atoms with Crippen molar-refractivity contribution in [3.63, 3.8) is 0 Å². The third kappa shape index (κ3) is 3.38. The smallest absolute Gasteiger partial charge is 0.417 e. The second-order valence-corrected chi connectivity index (χ2v) is 4.47. The molecule has 1 aromatic carbocycles. The van der Waals surface area contributed by atoms with Crippen molar-refractivity contribution < 1.29 is 65.9 Å². The average molecular weight is 390 g/mol. The van der Waals surface area contributed by atoms with Crippen LogP contribution in [-0.4, -0.2) is 44.3 Å². The predicted molar refractivity (Wildman–Crippen MR) is 64.3 cm³/mol. The number of halogens is 6. The third-order valence-corrected chi connectivity index (χ3v) is 2.92. The Bertz CT molecular complexity index is 767. The zero-order valence-corrected chi connectivity index (χ0v) is 11.7. The number of rotatable bonds is 4. The van der Waals surface area contributed by atoms with Crippen LogP contribution in [-0.2, 0) is 12.4 Å². The number of carboxylic acid groups (broad SMARTS) is 4. The van der Waals surface area contributed by atoms with E-state index < -0.39 is 69.6 Å². The van der Waals surface area contributed by atoms with Gasteiger partial charge in [-0.15, -0.1) is 0 Å². The molecule has 0 aliphatic rings. The van der Waals surface area contributed by atoms with E-state index >= 15 is 0 Å². The topological polar surface area (TPSA) is 149 Å². The Morgan fingerprint density at radius 2 is 0.692 bits per heavy atom. The van der Waals surface area contributed by atoms with Gasteiger partial charge in [0.05, 0.1) is 33.4 Å².